The number of nitrogens with zero attached hydrogens (tertiary/aromatic N) is 2. The molecular formula is C17H15F2IN2O3S. The number of hydrogen-bond acceptors (Lipinski definition) is 3. The highest BCUT2D eigenvalue weighted by molar-refractivity contribution is 14.1. The van der Waals surface area contributed by atoms with Crippen molar-refractivity contribution in [3.63, 3.8) is 0 Å². The Hall–Kier alpha value is -1.59. The van der Waals surface area contributed by atoms with Crippen molar-refractivity contribution in [3.8, 4) is 0 Å². The second-order valence-corrected chi connectivity index (χ2v) is 8.82. The second-order valence-electron chi connectivity index (χ2n) is 5.75. The average Bonchev–Trinajstić information content (AvgIpc) is 2.61. The quantitative estimate of drug-likeness (QED) is 0.620. The summed E-state index contributed by atoms with van der Waals surface area (Å²) in [5, 5.41) is 0. The molecule has 0 aromatic heterocycles. The summed E-state index contributed by atoms with van der Waals surface area (Å²) in [6.07, 6.45) is 0. The molecule has 3 rings (SSSR count). The Kier molecular flexibility index (Phi) is 5.58. The molecule has 1 aliphatic rings. The first-order valence-electron chi connectivity index (χ1n) is 7.80. The van der Waals surface area contributed by atoms with Crippen LogP contribution in [0.1, 0.15) is 10.4 Å². The SMILES string of the molecule is O=C(c1ccccc1I)N1CCN(S(=O)(=O)c2ccc(F)cc2F)CC1. The van der Waals surface area contributed by atoms with E-state index in [0.29, 0.717) is 11.6 Å². The van der Waals surface area contributed by atoms with Crippen LogP contribution in [0.15, 0.2) is 47.4 Å². The van der Waals surface area contributed by atoms with E-state index in [0.717, 1.165) is 20.0 Å². The van der Waals surface area contributed by atoms with Crippen molar-refractivity contribution in [2.45, 2.75) is 4.90 Å². The molecule has 1 amide bonds. The third-order valence-corrected chi connectivity index (χ3v) is 7.01. The molecule has 138 valence electrons. The van der Waals surface area contributed by atoms with E-state index in [1.54, 1.807) is 17.0 Å². The predicted octanol–water partition coefficient (Wildman–Crippen LogP) is 2.72. The number of rotatable bonds is 3. The summed E-state index contributed by atoms with van der Waals surface area (Å²) in [4.78, 5) is 13.6. The summed E-state index contributed by atoms with van der Waals surface area (Å²) >= 11 is 2.08. The van der Waals surface area contributed by atoms with Gasteiger partial charge in [0.2, 0.25) is 10.0 Å². The number of hydrogen-bond donors (Lipinski definition) is 0. The fraction of sp³-hybridized carbons (Fsp3) is 0.235. The smallest absolute Gasteiger partial charge is 0.255 e. The van der Waals surface area contributed by atoms with Crippen LogP contribution < -0.4 is 0 Å². The molecular weight excluding hydrogens is 477 g/mol. The van der Waals surface area contributed by atoms with Crippen molar-refractivity contribution >= 4 is 38.5 Å². The van der Waals surface area contributed by atoms with Gasteiger partial charge in [0.1, 0.15) is 16.5 Å². The molecule has 9 heteroatoms. The van der Waals surface area contributed by atoms with Crippen molar-refractivity contribution in [1.29, 1.82) is 0 Å². The molecule has 0 unspecified atom stereocenters. The van der Waals surface area contributed by atoms with Crippen LogP contribution in [0, 0.1) is 15.2 Å². The lowest BCUT2D eigenvalue weighted by Crippen LogP contribution is -2.50. The summed E-state index contributed by atoms with van der Waals surface area (Å²) in [6.45, 7) is 0.500. The van der Waals surface area contributed by atoms with Crippen LogP contribution in [0.2, 0.25) is 0 Å². The lowest BCUT2D eigenvalue weighted by molar-refractivity contribution is 0.0696. The van der Waals surface area contributed by atoms with E-state index in [1.165, 1.54) is 0 Å². The molecule has 0 radical (unpaired) electrons. The fourth-order valence-corrected chi connectivity index (χ4v) is 4.85. The Bertz CT molecular complexity index is 945. The first kappa shape index (κ1) is 19.2. The zero-order chi connectivity index (χ0) is 18.9. The van der Waals surface area contributed by atoms with Crippen LogP contribution in [-0.2, 0) is 10.0 Å². The Labute approximate surface area is 163 Å². The molecule has 0 bridgehead atoms. The minimum absolute atomic E-state index is 0.0499. The van der Waals surface area contributed by atoms with E-state index in [4.69, 9.17) is 0 Å². The van der Waals surface area contributed by atoms with Crippen molar-refractivity contribution in [2.75, 3.05) is 26.2 Å². The second kappa shape index (κ2) is 7.57. The number of piperazine rings is 1. The van der Waals surface area contributed by atoms with Gasteiger partial charge in [-0.15, -0.1) is 0 Å². The van der Waals surface area contributed by atoms with Gasteiger partial charge in [-0.25, -0.2) is 17.2 Å². The van der Waals surface area contributed by atoms with Crippen LogP contribution in [-0.4, -0.2) is 49.7 Å². The minimum atomic E-state index is -4.08. The minimum Gasteiger partial charge on any atom is -0.336 e. The van der Waals surface area contributed by atoms with Gasteiger partial charge in [-0.05, 0) is 46.9 Å². The molecule has 5 nitrogen and oxygen atoms in total. The van der Waals surface area contributed by atoms with Gasteiger partial charge in [0.15, 0.2) is 0 Å². The highest BCUT2D eigenvalue weighted by Crippen LogP contribution is 2.22. The monoisotopic (exact) mass is 492 g/mol. The number of carbonyl (C=O) groups excluding carboxylic acids is 1. The molecule has 0 spiro atoms. The molecule has 2 aromatic carbocycles. The molecule has 0 atom stereocenters. The van der Waals surface area contributed by atoms with E-state index in [-0.39, 0.29) is 32.1 Å². The molecule has 1 aliphatic heterocycles. The van der Waals surface area contributed by atoms with Crippen molar-refractivity contribution in [3.05, 3.63) is 63.2 Å². The molecule has 2 aromatic rings. The van der Waals surface area contributed by atoms with E-state index < -0.39 is 26.6 Å². The average molecular weight is 492 g/mol. The Morgan fingerprint density at radius 2 is 1.65 bits per heavy atom. The van der Waals surface area contributed by atoms with E-state index in [1.807, 2.05) is 12.1 Å². The third-order valence-electron chi connectivity index (χ3n) is 4.14. The zero-order valence-electron chi connectivity index (χ0n) is 13.5. The first-order chi connectivity index (χ1) is 12.3. The lowest BCUT2D eigenvalue weighted by Gasteiger charge is -2.34. The highest BCUT2D eigenvalue weighted by atomic mass is 127. The molecule has 0 saturated carbocycles. The normalized spacial score (nSPS) is 15.9. The lowest BCUT2D eigenvalue weighted by atomic mass is 10.2. The predicted molar refractivity (Wildman–Crippen MR) is 100 cm³/mol. The maximum Gasteiger partial charge on any atom is 0.255 e. The largest absolute Gasteiger partial charge is 0.336 e. The summed E-state index contributed by atoms with van der Waals surface area (Å²) < 4.78 is 54.0. The van der Waals surface area contributed by atoms with Gasteiger partial charge in [-0.1, -0.05) is 12.1 Å². The Morgan fingerprint density at radius 3 is 2.27 bits per heavy atom. The van der Waals surface area contributed by atoms with Gasteiger partial charge in [0.25, 0.3) is 5.91 Å². The number of carbonyl (C=O) groups is 1. The molecule has 1 fully saturated rings. The molecule has 1 heterocycles. The summed E-state index contributed by atoms with van der Waals surface area (Å²) in [5.41, 5.74) is 0.564. The number of halogens is 3. The maximum absolute atomic E-state index is 13.9. The topological polar surface area (TPSA) is 57.7 Å². The van der Waals surface area contributed by atoms with Crippen LogP contribution in [0.4, 0.5) is 8.78 Å². The number of amides is 1. The number of benzene rings is 2. The van der Waals surface area contributed by atoms with Crippen molar-refractivity contribution in [2.24, 2.45) is 0 Å². The Morgan fingerprint density at radius 1 is 1.00 bits per heavy atom. The molecule has 0 N–H and O–H groups in total. The van der Waals surface area contributed by atoms with E-state index in [9.17, 15) is 22.0 Å². The van der Waals surface area contributed by atoms with Crippen LogP contribution in [0.3, 0.4) is 0 Å². The van der Waals surface area contributed by atoms with E-state index >= 15 is 0 Å². The third kappa shape index (κ3) is 3.74. The number of sulfonamides is 1. The molecule has 1 saturated heterocycles. The van der Waals surface area contributed by atoms with Gasteiger partial charge in [0, 0.05) is 35.8 Å². The fourth-order valence-electron chi connectivity index (χ4n) is 2.76. The van der Waals surface area contributed by atoms with Crippen molar-refractivity contribution in [1.82, 2.24) is 9.21 Å². The summed E-state index contributed by atoms with van der Waals surface area (Å²) in [7, 11) is -4.08. The Balaban J connectivity index is 1.74. The molecule has 26 heavy (non-hydrogen) atoms. The molecule has 0 aliphatic carbocycles. The van der Waals surface area contributed by atoms with Gasteiger partial charge in [-0.2, -0.15) is 4.31 Å². The summed E-state index contributed by atoms with van der Waals surface area (Å²) in [5.74, 6) is -2.13. The zero-order valence-corrected chi connectivity index (χ0v) is 16.5. The van der Waals surface area contributed by atoms with Crippen molar-refractivity contribution < 1.29 is 22.0 Å². The van der Waals surface area contributed by atoms with Crippen LogP contribution in [0.5, 0.6) is 0 Å². The standard InChI is InChI=1S/C17H15F2IN2O3S/c18-12-5-6-16(14(19)11-12)26(24,25)22-9-7-21(8-10-22)17(23)13-3-1-2-4-15(13)20/h1-6,11H,7-10H2. The van der Waals surface area contributed by atoms with Crippen LogP contribution in [0.25, 0.3) is 0 Å². The maximum atomic E-state index is 13.9. The first-order valence-corrected chi connectivity index (χ1v) is 10.3. The summed E-state index contributed by atoms with van der Waals surface area (Å²) in [6, 6.07) is 9.53. The van der Waals surface area contributed by atoms with Gasteiger partial charge >= 0.3 is 0 Å². The van der Waals surface area contributed by atoms with Gasteiger partial charge in [0.05, 0.1) is 5.56 Å². The van der Waals surface area contributed by atoms with Crippen LogP contribution >= 0.6 is 22.6 Å². The van der Waals surface area contributed by atoms with Gasteiger partial charge in [-0.3, -0.25) is 4.79 Å². The van der Waals surface area contributed by atoms with Gasteiger partial charge < -0.3 is 4.90 Å². The van der Waals surface area contributed by atoms with E-state index in [2.05, 4.69) is 22.6 Å². The highest BCUT2D eigenvalue weighted by Gasteiger charge is 2.32.